The molecular formula is C22H20ClN3O3S. The minimum absolute atomic E-state index is 0.00429. The monoisotopic (exact) mass is 441 g/mol. The largest absolute Gasteiger partial charge is 0.378 e. The highest BCUT2D eigenvalue weighted by Crippen LogP contribution is 2.17. The zero-order valence-corrected chi connectivity index (χ0v) is 17.7. The number of amides is 2. The third-order valence-electron chi connectivity index (χ3n) is 4.85. The molecular weight excluding hydrogens is 422 g/mol. The molecule has 2 amide bonds. The molecule has 0 aliphatic carbocycles. The molecule has 0 N–H and O–H groups in total. The fraction of sp³-hybridized carbons (Fsp3) is 0.227. The van der Waals surface area contributed by atoms with E-state index in [-0.39, 0.29) is 5.91 Å². The number of rotatable bonds is 4. The molecule has 3 aromatic rings. The number of aromatic nitrogens is 1. The van der Waals surface area contributed by atoms with Crippen LogP contribution in [0, 0.1) is 0 Å². The van der Waals surface area contributed by atoms with Gasteiger partial charge in [-0.1, -0.05) is 41.9 Å². The van der Waals surface area contributed by atoms with E-state index in [2.05, 4.69) is 4.99 Å². The van der Waals surface area contributed by atoms with Crippen LogP contribution >= 0.6 is 22.9 Å². The first kappa shape index (κ1) is 20.5. The van der Waals surface area contributed by atoms with Gasteiger partial charge in [0.25, 0.3) is 11.8 Å². The summed E-state index contributed by atoms with van der Waals surface area (Å²) in [4.78, 5) is 32.2. The molecule has 0 spiro atoms. The van der Waals surface area contributed by atoms with Crippen molar-refractivity contribution in [3.8, 4) is 0 Å². The van der Waals surface area contributed by atoms with Gasteiger partial charge in [0.2, 0.25) is 0 Å². The molecule has 0 atom stereocenters. The van der Waals surface area contributed by atoms with Crippen molar-refractivity contribution < 1.29 is 14.3 Å². The quantitative estimate of drug-likeness (QED) is 0.622. The second-order valence-electron chi connectivity index (χ2n) is 6.77. The molecule has 1 aromatic heterocycles. The highest BCUT2D eigenvalue weighted by atomic mass is 35.5. The summed E-state index contributed by atoms with van der Waals surface area (Å²) in [6.45, 7) is 2.72. The Bertz CT molecular complexity index is 1130. The second-order valence-corrected chi connectivity index (χ2v) is 8.05. The van der Waals surface area contributed by atoms with Gasteiger partial charge in [0, 0.05) is 30.2 Å². The van der Waals surface area contributed by atoms with E-state index in [0.717, 1.165) is 5.56 Å². The lowest BCUT2D eigenvalue weighted by Crippen LogP contribution is -2.41. The van der Waals surface area contributed by atoms with Crippen molar-refractivity contribution in [3.63, 3.8) is 0 Å². The van der Waals surface area contributed by atoms with Gasteiger partial charge in [-0.3, -0.25) is 9.59 Å². The number of carbonyl (C=O) groups excluding carboxylic acids is 2. The average Bonchev–Trinajstić information content (AvgIpc) is 3.21. The number of hydrogen-bond donors (Lipinski definition) is 0. The summed E-state index contributed by atoms with van der Waals surface area (Å²) in [6, 6.07) is 14.4. The zero-order valence-electron chi connectivity index (χ0n) is 16.2. The van der Waals surface area contributed by atoms with Gasteiger partial charge in [-0.25, -0.2) is 0 Å². The molecule has 2 aromatic carbocycles. The average molecular weight is 442 g/mol. The second kappa shape index (κ2) is 9.38. The maximum atomic E-state index is 13.0. The van der Waals surface area contributed by atoms with Gasteiger partial charge in [0.1, 0.15) is 0 Å². The molecule has 0 bridgehead atoms. The van der Waals surface area contributed by atoms with Gasteiger partial charge in [-0.15, -0.1) is 11.3 Å². The van der Waals surface area contributed by atoms with Gasteiger partial charge in [0.05, 0.1) is 30.3 Å². The Hall–Kier alpha value is -2.74. The number of nitrogens with zero attached hydrogens (tertiary/aromatic N) is 3. The van der Waals surface area contributed by atoms with Crippen molar-refractivity contribution in [3.05, 3.63) is 86.6 Å². The van der Waals surface area contributed by atoms with Gasteiger partial charge in [-0.2, -0.15) is 4.99 Å². The number of ether oxygens (including phenoxy) is 1. The van der Waals surface area contributed by atoms with E-state index in [1.165, 1.54) is 11.3 Å². The van der Waals surface area contributed by atoms with E-state index >= 15 is 0 Å². The highest BCUT2D eigenvalue weighted by molar-refractivity contribution is 7.07. The third-order valence-corrected chi connectivity index (χ3v) is 5.97. The summed E-state index contributed by atoms with van der Waals surface area (Å²) >= 11 is 7.48. The van der Waals surface area contributed by atoms with Crippen LogP contribution in [0.25, 0.3) is 0 Å². The predicted octanol–water partition coefficient (Wildman–Crippen LogP) is 3.46. The van der Waals surface area contributed by atoms with Gasteiger partial charge in [0.15, 0.2) is 4.80 Å². The number of morpholine rings is 1. The Labute approximate surface area is 183 Å². The highest BCUT2D eigenvalue weighted by Gasteiger charge is 2.21. The van der Waals surface area contributed by atoms with Gasteiger partial charge < -0.3 is 14.2 Å². The first-order chi connectivity index (χ1) is 14.6. The lowest BCUT2D eigenvalue weighted by molar-refractivity contribution is 0.0302. The fourth-order valence-electron chi connectivity index (χ4n) is 3.28. The Morgan fingerprint density at radius 2 is 1.73 bits per heavy atom. The molecule has 0 radical (unpaired) electrons. The van der Waals surface area contributed by atoms with Crippen LogP contribution in [0.3, 0.4) is 0 Å². The number of benzene rings is 2. The summed E-state index contributed by atoms with van der Waals surface area (Å²) < 4.78 is 7.21. The van der Waals surface area contributed by atoms with E-state index in [0.29, 0.717) is 53.8 Å². The standard InChI is InChI=1S/C22H20ClN3O3S/c23-19-8-4-3-7-18(19)20(27)24-22-26(11-14-30-22)15-16-5-1-2-6-17(16)21(28)25-9-12-29-13-10-25/h1-8,11,14H,9-10,12-13,15H2. The lowest BCUT2D eigenvalue weighted by atomic mass is 10.1. The van der Waals surface area contributed by atoms with Crippen LogP contribution in [-0.2, 0) is 11.3 Å². The van der Waals surface area contributed by atoms with E-state index in [1.807, 2.05) is 45.3 Å². The van der Waals surface area contributed by atoms with Crippen molar-refractivity contribution in [1.82, 2.24) is 9.47 Å². The molecule has 6 nitrogen and oxygen atoms in total. The van der Waals surface area contributed by atoms with Crippen molar-refractivity contribution >= 4 is 34.8 Å². The molecule has 1 saturated heterocycles. The van der Waals surface area contributed by atoms with Crippen molar-refractivity contribution in [2.45, 2.75) is 6.54 Å². The Morgan fingerprint density at radius 1 is 1.03 bits per heavy atom. The third kappa shape index (κ3) is 4.53. The Morgan fingerprint density at radius 3 is 2.50 bits per heavy atom. The first-order valence-electron chi connectivity index (χ1n) is 9.56. The number of halogens is 1. The van der Waals surface area contributed by atoms with E-state index in [1.54, 1.807) is 24.3 Å². The molecule has 1 aliphatic rings. The Balaban J connectivity index is 1.61. The Kier molecular flexibility index (Phi) is 6.42. The van der Waals surface area contributed by atoms with E-state index in [9.17, 15) is 9.59 Å². The van der Waals surface area contributed by atoms with Gasteiger partial charge in [-0.05, 0) is 23.8 Å². The SMILES string of the molecule is O=C(N=c1sccn1Cc1ccccc1C(=O)N1CCOCC1)c1ccccc1Cl. The number of carbonyl (C=O) groups is 2. The predicted molar refractivity (Wildman–Crippen MR) is 116 cm³/mol. The molecule has 1 aliphatic heterocycles. The minimum atomic E-state index is -0.394. The maximum absolute atomic E-state index is 13.0. The summed E-state index contributed by atoms with van der Waals surface area (Å²) in [7, 11) is 0. The lowest BCUT2D eigenvalue weighted by Gasteiger charge is -2.27. The molecule has 154 valence electrons. The molecule has 0 unspecified atom stereocenters. The summed E-state index contributed by atoms with van der Waals surface area (Å²) in [6.07, 6.45) is 1.86. The van der Waals surface area contributed by atoms with Crippen molar-refractivity contribution in [2.24, 2.45) is 4.99 Å². The smallest absolute Gasteiger partial charge is 0.281 e. The van der Waals surface area contributed by atoms with E-state index in [4.69, 9.17) is 16.3 Å². The summed E-state index contributed by atoms with van der Waals surface area (Å²) in [5, 5.41) is 2.24. The van der Waals surface area contributed by atoms with Crippen LogP contribution in [0.2, 0.25) is 5.02 Å². The minimum Gasteiger partial charge on any atom is -0.378 e. The van der Waals surface area contributed by atoms with Crippen LogP contribution in [0.15, 0.2) is 65.1 Å². The van der Waals surface area contributed by atoms with Crippen molar-refractivity contribution in [1.29, 1.82) is 0 Å². The molecule has 4 rings (SSSR count). The summed E-state index contributed by atoms with van der Waals surface area (Å²) in [5.41, 5.74) is 1.89. The topological polar surface area (TPSA) is 63.9 Å². The fourth-order valence-corrected chi connectivity index (χ4v) is 4.22. The van der Waals surface area contributed by atoms with Crippen LogP contribution in [0.5, 0.6) is 0 Å². The molecule has 30 heavy (non-hydrogen) atoms. The van der Waals surface area contributed by atoms with E-state index < -0.39 is 5.91 Å². The van der Waals surface area contributed by atoms with Gasteiger partial charge >= 0.3 is 0 Å². The molecule has 0 saturated carbocycles. The maximum Gasteiger partial charge on any atom is 0.281 e. The zero-order chi connectivity index (χ0) is 20.9. The van der Waals surface area contributed by atoms with Crippen molar-refractivity contribution in [2.75, 3.05) is 26.3 Å². The molecule has 2 heterocycles. The molecule has 1 fully saturated rings. The molecule has 8 heteroatoms. The van der Waals surface area contributed by atoms with Crippen LogP contribution in [0.1, 0.15) is 26.3 Å². The van der Waals surface area contributed by atoms with Crippen LogP contribution in [0.4, 0.5) is 0 Å². The normalized spacial score (nSPS) is 14.7. The number of hydrogen-bond acceptors (Lipinski definition) is 4. The first-order valence-corrected chi connectivity index (χ1v) is 10.8. The summed E-state index contributed by atoms with van der Waals surface area (Å²) in [5.74, 6) is -0.398. The van der Waals surface area contributed by atoms with Crippen LogP contribution in [-0.4, -0.2) is 47.6 Å². The number of thiazole rings is 1. The van der Waals surface area contributed by atoms with Crippen LogP contribution < -0.4 is 4.80 Å².